The molecule has 0 radical (unpaired) electrons. The van der Waals surface area contributed by atoms with Crippen molar-refractivity contribution in [1.82, 2.24) is 10.6 Å². The Labute approximate surface area is 160 Å². The van der Waals surface area contributed by atoms with Crippen molar-refractivity contribution >= 4 is 40.7 Å². The third kappa shape index (κ3) is 11.5. The largest absolute Gasteiger partial charge is 0.356 e. The van der Waals surface area contributed by atoms with E-state index in [0.717, 1.165) is 30.4 Å². The van der Waals surface area contributed by atoms with Crippen LogP contribution in [0.2, 0.25) is 0 Å². The summed E-state index contributed by atoms with van der Waals surface area (Å²) in [4.78, 5) is 4.18. The first-order valence-corrected chi connectivity index (χ1v) is 9.44. The van der Waals surface area contributed by atoms with Gasteiger partial charge in [0.05, 0.1) is 0 Å². The van der Waals surface area contributed by atoms with E-state index in [1.165, 1.54) is 6.42 Å². The summed E-state index contributed by atoms with van der Waals surface area (Å²) in [7, 11) is 0.914. The van der Waals surface area contributed by atoms with Gasteiger partial charge in [-0.05, 0) is 24.3 Å². The van der Waals surface area contributed by atoms with Crippen LogP contribution in [0.15, 0.2) is 35.3 Å². The van der Waals surface area contributed by atoms with Gasteiger partial charge in [0, 0.05) is 42.4 Å². The number of benzene rings is 1. The van der Waals surface area contributed by atoms with E-state index in [4.69, 9.17) is 0 Å². The van der Waals surface area contributed by atoms with Crippen LogP contribution in [0.5, 0.6) is 0 Å². The fourth-order valence-corrected chi connectivity index (χ4v) is 3.09. The molecule has 0 aromatic heterocycles. The van der Waals surface area contributed by atoms with Crippen LogP contribution in [0.4, 0.5) is 0 Å². The van der Waals surface area contributed by atoms with Crippen molar-refractivity contribution in [2.75, 3.05) is 25.9 Å². The van der Waals surface area contributed by atoms with Gasteiger partial charge in [-0.25, -0.2) is 0 Å². The number of hydrogen-bond donors (Lipinski definition) is 2. The maximum absolute atomic E-state index is 12.0. The Bertz CT molecular complexity index is 466. The molecule has 0 aliphatic carbocycles. The highest BCUT2D eigenvalue weighted by Crippen LogP contribution is 2.03. The number of hydrogen-bond acceptors (Lipinski definition) is 2. The number of rotatable bonds is 9. The molecular weight excluding hydrogens is 421 g/mol. The first kappa shape index (κ1) is 22.4. The average Bonchev–Trinajstić information content (AvgIpc) is 2.50. The molecule has 0 bridgehead atoms. The van der Waals surface area contributed by atoms with Crippen LogP contribution in [0.1, 0.15) is 32.3 Å². The van der Waals surface area contributed by atoms with Crippen LogP contribution >= 0.6 is 24.0 Å². The van der Waals surface area contributed by atoms with Crippen LogP contribution in [-0.4, -0.2) is 36.1 Å². The molecule has 0 heterocycles. The molecule has 0 saturated carbocycles. The van der Waals surface area contributed by atoms with E-state index in [-0.39, 0.29) is 24.0 Å². The molecule has 0 amide bonds. The molecule has 1 aromatic rings. The van der Waals surface area contributed by atoms with Gasteiger partial charge in [-0.2, -0.15) is 0 Å². The van der Waals surface area contributed by atoms with Gasteiger partial charge in [0.2, 0.25) is 0 Å². The van der Waals surface area contributed by atoms with E-state index < -0.39 is 10.8 Å². The summed E-state index contributed by atoms with van der Waals surface area (Å²) in [5.74, 6) is 2.77. The maximum atomic E-state index is 12.0. The Kier molecular flexibility index (Phi) is 13.4. The maximum Gasteiger partial charge on any atom is 0.191 e. The zero-order chi connectivity index (χ0) is 16.2. The van der Waals surface area contributed by atoms with E-state index in [2.05, 4.69) is 29.5 Å². The molecule has 23 heavy (non-hydrogen) atoms. The highest BCUT2D eigenvalue weighted by atomic mass is 127. The molecule has 0 aliphatic rings. The minimum Gasteiger partial charge on any atom is -0.356 e. The number of guanidine groups is 1. The zero-order valence-corrected chi connectivity index (χ0v) is 17.5. The predicted octanol–water partition coefficient (Wildman–Crippen LogP) is 3.15. The summed E-state index contributed by atoms with van der Waals surface area (Å²) >= 11 is 0. The van der Waals surface area contributed by atoms with Gasteiger partial charge < -0.3 is 10.6 Å². The predicted molar refractivity (Wildman–Crippen MR) is 112 cm³/mol. The number of halogens is 1. The third-order valence-corrected chi connectivity index (χ3v) is 4.58. The van der Waals surface area contributed by atoms with E-state index in [1.807, 2.05) is 30.3 Å². The zero-order valence-electron chi connectivity index (χ0n) is 14.4. The Balaban J connectivity index is 0.00000484. The summed E-state index contributed by atoms with van der Waals surface area (Å²) in [5, 5.41) is 6.51. The van der Waals surface area contributed by atoms with Gasteiger partial charge in [0.25, 0.3) is 0 Å². The minimum atomic E-state index is -0.848. The SMILES string of the molecule is CN=C(NCCCC(C)C)NCCS(=O)Cc1ccccc1.I. The Morgan fingerprint density at radius 2 is 1.83 bits per heavy atom. The number of nitrogens with one attached hydrogen (secondary N) is 2. The van der Waals surface area contributed by atoms with Gasteiger partial charge >= 0.3 is 0 Å². The molecular formula is C17H30IN3OS. The molecule has 1 rings (SSSR count). The van der Waals surface area contributed by atoms with Crippen LogP contribution in [0.3, 0.4) is 0 Å². The first-order chi connectivity index (χ1) is 10.6. The summed E-state index contributed by atoms with van der Waals surface area (Å²) in [6, 6.07) is 9.96. The Hall–Kier alpha value is -0.630. The Morgan fingerprint density at radius 1 is 1.17 bits per heavy atom. The van der Waals surface area contributed by atoms with Crippen LogP contribution in [0.25, 0.3) is 0 Å². The average molecular weight is 451 g/mol. The van der Waals surface area contributed by atoms with Gasteiger partial charge in [-0.15, -0.1) is 24.0 Å². The summed E-state index contributed by atoms with van der Waals surface area (Å²) in [6.45, 7) is 6.05. The van der Waals surface area contributed by atoms with Crippen molar-refractivity contribution in [2.45, 2.75) is 32.4 Å². The van der Waals surface area contributed by atoms with Crippen molar-refractivity contribution in [3.05, 3.63) is 35.9 Å². The lowest BCUT2D eigenvalue weighted by molar-refractivity contribution is 0.549. The molecule has 1 atom stereocenters. The van der Waals surface area contributed by atoms with Crippen LogP contribution in [-0.2, 0) is 16.6 Å². The van der Waals surface area contributed by atoms with E-state index in [0.29, 0.717) is 18.1 Å². The minimum absolute atomic E-state index is 0. The van der Waals surface area contributed by atoms with E-state index >= 15 is 0 Å². The summed E-state index contributed by atoms with van der Waals surface area (Å²) in [5.41, 5.74) is 1.12. The van der Waals surface area contributed by atoms with Crippen molar-refractivity contribution < 1.29 is 4.21 Å². The molecule has 132 valence electrons. The first-order valence-electron chi connectivity index (χ1n) is 7.95. The second kappa shape index (κ2) is 13.8. The van der Waals surface area contributed by atoms with Crippen LogP contribution in [0, 0.1) is 5.92 Å². The summed E-state index contributed by atoms with van der Waals surface area (Å²) < 4.78 is 12.0. The summed E-state index contributed by atoms with van der Waals surface area (Å²) in [6.07, 6.45) is 2.35. The molecule has 1 aromatic carbocycles. The number of aliphatic imine (C=N–C) groups is 1. The van der Waals surface area contributed by atoms with Crippen LogP contribution < -0.4 is 10.6 Å². The number of nitrogens with zero attached hydrogens (tertiary/aromatic N) is 1. The van der Waals surface area contributed by atoms with Gasteiger partial charge in [-0.3, -0.25) is 9.20 Å². The third-order valence-electron chi connectivity index (χ3n) is 3.27. The Morgan fingerprint density at radius 3 is 2.43 bits per heavy atom. The second-order valence-electron chi connectivity index (χ2n) is 5.74. The second-order valence-corrected chi connectivity index (χ2v) is 7.31. The van der Waals surface area contributed by atoms with Crippen molar-refractivity contribution in [1.29, 1.82) is 0 Å². The highest BCUT2D eigenvalue weighted by Gasteiger charge is 2.03. The molecule has 1 unspecified atom stereocenters. The van der Waals surface area contributed by atoms with Gasteiger partial charge in [0.1, 0.15) is 0 Å². The topological polar surface area (TPSA) is 53.5 Å². The monoisotopic (exact) mass is 451 g/mol. The molecule has 4 nitrogen and oxygen atoms in total. The molecule has 0 spiro atoms. The standard InChI is InChI=1S/C17H29N3OS.HI/c1-15(2)8-7-11-19-17(18-3)20-12-13-22(21)14-16-9-5-4-6-10-16;/h4-6,9-10,15H,7-8,11-14H2,1-3H3,(H2,18,19,20);1H. The highest BCUT2D eigenvalue weighted by molar-refractivity contribution is 14.0. The molecule has 0 fully saturated rings. The van der Waals surface area contributed by atoms with Crippen molar-refractivity contribution in [2.24, 2.45) is 10.9 Å². The normalized spacial score (nSPS) is 12.6. The van der Waals surface area contributed by atoms with E-state index in [9.17, 15) is 4.21 Å². The lowest BCUT2D eigenvalue weighted by atomic mass is 10.1. The van der Waals surface area contributed by atoms with E-state index in [1.54, 1.807) is 7.05 Å². The molecule has 6 heteroatoms. The quantitative estimate of drug-likeness (QED) is 0.263. The van der Waals surface area contributed by atoms with Crippen molar-refractivity contribution in [3.8, 4) is 0 Å². The molecule has 2 N–H and O–H groups in total. The fraction of sp³-hybridized carbons (Fsp3) is 0.588. The van der Waals surface area contributed by atoms with Gasteiger partial charge in [-0.1, -0.05) is 44.2 Å². The molecule has 0 saturated heterocycles. The smallest absolute Gasteiger partial charge is 0.191 e. The van der Waals surface area contributed by atoms with Crippen molar-refractivity contribution in [3.63, 3.8) is 0 Å². The van der Waals surface area contributed by atoms with Gasteiger partial charge in [0.15, 0.2) is 5.96 Å². The lowest BCUT2D eigenvalue weighted by Gasteiger charge is -2.12. The molecule has 0 aliphatic heterocycles. The fourth-order valence-electron chi connectivity index (χ4n) is 2.05. The lowest BCUT2D eigenvalue weighted by Crippen LogP contribution is -2.39.